The van der Waals surface area contributed by atoms with Crippen LogP contribution in [0.4, 0.5) is 0 Å². The average Bonchev–Trinajstić information content (AvgIpc) is 2.13. The molecule has 0 saturated carbocycles. The molecule has 0 aliphatic rings. The summed E-state index contributed by atoms with van der Waals surface area (Å²) in [6, 6.07) is 0.421. The number of carbonyl (C=O) groups excluding carboxylic acids is 1. The molecule has 96 valence electrons. The van der Waals surface area contributed by atoms with Crippen LogP contribution in [0.1, 0.15) is 47.5 Å². The SMILES string of the molecule is CCOC(=O)CNC(CC(C)C)CC(C)C. The van der Waals surface area contributed by atoms with Crippen LogP contribution in [-0.2, 0) is 9.53 Å². The molecule has 0 amide bonds. The van der Waals surface area contributed by atoms with E-state index in [1.807, 2.05) is 6.92 Å². The van der Waals surface area contributed by atoms with Crippen molar-refractivity contribution in [2.24, 2.45) is 11.8 Å². The van der Waals surface area contributed by atoms with Gasteiger partial charge in [-0.05, 0) is 31.6 Å². The van der Waals surface area contributed by atoms with Crippen LogP contribution < -0.4 is 5.32 Å². The van der Waals surface area contributed by atoms with Gasteiger partial charge >= 0.3 is 5.97 Å². The number of ether oxygens (including phenoxy) is 1. The number of hydrogen-bond donors (Lipinski definition) is 1. The highest BCUT2D eigenvalue weighted by atomic mass is 16.5. The topological polar surface area (TPSA) is 38.3 Å². The van der Waals surface area contributed by atoms with Gasteiger partial charge in [-0.15, -0.1) is 0 Å². The van der Waals surface area contributed by atoms with Gasteiger partial charge in [-0.2, -0.15) is 0 Å². The lowest BCUT2D eigenvalue weighted by Crippen LogP contribution is -2.36. The molecule has 3 heteroatoms. The molecule has 0 fully saturated rings. The molecule has 0 spiro atoms. The van der Waals surface area contributed by atoms with Crippen molar-refractivity contribution in [2.45, 2.75) is 53.5 Å². The van der Waals surface area contributed by atoms with Gasteiger partial charge in [0.2, 0.25) is 0 Å². The van der Waals surface area contributed by atoms with Gasteiger partial charge in [0.1, 0.15) is 0 Å². The minimum atomic E-state index is -0.153. The number of rotatable bonds is 8. The molecule has 0 aromatic carbocycles. The molecule has 0 saturated heterocycles. The normalized spacial score (nSPS) is 11.5. The summed E-state index contributed by atoms with van der Waals surface area (Å²) >= 11 is 0. The highest BCUT2D eigenvalue weighted by molar-refractivity contribution is 5.71. The molecule has 0 aromatic rings. The summed E-state index contributed by atoms with van der Waals surface area (Å²) in [6.07, 6.45) is 2.22. The third-order valence-corrected chi connectivity index (χ3v) is 2.35. The Morgan fingerprint density at radius 3 is 2.00 bits per heavy atom. The second-order valence-electron chi connectivity index (χ2n) is 5.14. The molecule has 0 aliphatic carbocycles. The molecular weight excluding hydrogens is 202 g/mol. The maximum atomic E-state index is 11.2. The van der Waals surface area contributed by atoms with Crippen molar-refractivity contribution >= 4 is 5.97 Å². The van der Waals surface area contributed by atoms with Gasteiger partial charge in [0.25, 0.3) is 0 Å². The number of hydrogen-bond acceptors (Lipinski definition) is 3. The molecule has 0 bridgehead atoms. The van der Waals surface area contributed by atoms with Crippen LogP contribution in [0.3, 0.4) is 0 Å². The third kappa shape index (κ3) is 8.72. The standard InChI is InChI=1S/C13H27NO2/c1-6-16-13(15)9-14-12(7-10(2)3)8-11(4)5/h10-12,14H,6-9H2,1-5H3. The monoisotopic (exact) mass is 229 g/mol. The van der Waals surface area contributed by atoms with Gasteiger partial charge in [0.05, 0.1) is 13.2 Å². The molecule has 0 atom stereocenters. The number of esters is 1. The first-order valence-electron chi connectivity index (χ1n) is 6.34. The van der Waals surface area contributed by atoms with E-state index in [1.54, 1.807) is 0 Å². The molecule has 0 heterocycles. The first-order chi connectivity index (χ1) is 7.45. The molecule has 0 unspecified atom stereocenters. The lowest BCUT2D eigenvalue weighted by molar-refractivity contribution is -0.142. The van der Waals surface area contributed by atoms with Crippen molar-refractivity contribution < 1.29 is 9.53 Å². The Morgan fingerprint density at radius 2 is 1.62 bits per heavy atom. The Labute approximate surface area is 99.9 Å². The van der Waals surface area contributed by atoms with Crippen molar-refractivity contribution in [3.63, 3.8) is 0 Å². The fraction of sp³-hybridized carbons (Fsp3) is 0.923. The quantitative estimate of drug-likeness (QED) is 0.650. The Kier molecular flexibility index (Phi) is 8.26. The smallest absolute Gasteiger partial charge is 0.319 e. The van der Waals surface area contributed by atoms with Crippen molar-refractivity contribution in [1.29, 1.82) is 0 Å². The highest BCUT2D eigenvalue weighted by Gasteiger charge is 2.13. The van der Waals surface area contributed by atoms with Gasteiger partial charge < -0.3 is 10.1 Å². The van der Waals surface area contributed by atoms with Gasteiger partial charge in [-0.3, -0.25) is 4.79 Å². The fourth-order valence-corrected chi connectivity index (χ4v) is 1.84. The van der Waals surface area contributed by atoms with Crippen LogP contribution >= 0.6 is 0 Å². The maximum absolute atomic E-state index is 11.2. The van der Waals surface area contributed by atoms with Crippen LogP contribution in [0, 0.1) is 11.8 Å². The van der Waals surface area contributed by atoms with E-state index in [4.69, 9.17) is 4.74 Å². The summed E-state index contributed by atoms with van der Waals surface area (Å²) in [6.45, 7) is 11.5. The van der Waals surface area contributed by atoms with E-state index in [0.717, 1.165) is 12.8 Å². The zero-order valence-corrected chi connectivity index (χ0v) is 11.4. The van der Waals surface area contributed by atoms with Gasteiger partial charge in [0.15, 0.2) is 0 Å². The van der Waals surface area contributed by atoms with Crippen LogP contribution in [0.5, 0.6) is 0 Å². The van der Waals surface area contributed by atoms with E-state index in [0.29, 0.717) is 31.0 Å². The predicted octanol–water partition coefficient (Wildman–Crippen LogP) is 2.60. The van der Waals surface area contributed by atoms with E-state index in [9.17, 15) is 4.79 Å². The van der Waals surface area contributed by atoms with Gasteiger partial charge in [0, 0.05) is 6.04 Å². The van der Waals surface area contributed by atoms with E-state index in [2.05, 4.69) is 33.0 Å². The summed E-state index contributed by atoms with van der Waals surface area (Å²) in [7, 11) is 0. The molecule has 1 N–H and O–H groups in total. The lowest BCUT2D eigenvalue weighted by Gasteiger charge is -2.22. The van der Waals surface area contributed by atoms with Crippen molar-refractivity contribution in [3.05, 3.63) is 0 Å². The van der Waals surface area contributed by atoms with E-state index in [1.165, 1.54) is 0 Å². The Bertz CT molecular complexity index is 180. The zero-order chi connectivity index (χ0) is 12.6. The average molecular weight is 229 g/mol. The molecule has 0 aromatic heterocycles. The van der Waals surface area contributed by atoms with Gasteiger partial charge in [-0.25, -0.2) is 0 Å². The van der Waals surface area contributed by atoms with Crippen molar-refractivity contribution in [2.75, 3.05) is 13.2 Å². The van der Waals surface area contributed by atoms with Crippen LogP contribution in [0.2, 0.25) is 0 Å². The minimum Gasteiger partial charge on any atom is -0.465 e. The van der Waals surface area contributed by atoms with Crippen LogP contribution in [-0.4, -0.2) is 25.2 Å². The zero-order valence-electron chi connectivity index (χ0n) is 11.4. The second-order valence-corrected chi connectivity index (χ2v) is 5.14. The van der Waals surface area contributed by atoms with Crippen molar-refractivity contribution in [1.82, 2.24) is 5.32 Å². The summed E-state index contributed by atoms with van der Waals surface area (Å²) in [5.41, 5.74) is 0. The van der Waals surface area contributed by atoms with E-state index < -0.39 is 0 Å². The summed E-state index contributed by atoms with van der Waals surface area (Å²) in [4.78, 5) is 11.2. The summed E-state index contributed by atoms with van der Waals surface area (Å²) < 4.78 is 4.90. The first kappa shape index (κ1) is 15.4. The van der Waals surface area contributed by atoms with Gasteiger partial charge in [-0.1, -0.05) is 27.7 Å². The minimum absolute atomic E-state index is 0.153. The maximum Gasteiger partial charge on any atom is 0.319 e. The van der Waals surface area contributed by atoms with Crippen LogP contribution in [0.15, 0.2) is 0 Å². The van der Waals surface area contributed by atoms with Crippen molar-refractivity contribution in [3.8, 4) is 0 Å². The number of nitrogens with one attached hydrogen (secondary N) is 1. The molecule has 3 nitrogen and oxygen atoms in total. The second kappa shape index (κ2) is 8.57. The Balaban J connectivity index is 3.95. The third-order valence-electron chi connectivity index (χ3n) is 2.35. The summed E-state index contributed by atoms with van der Waals surface area (Å²) in [5.74, 6) is 1.15. The molecule has 16 heavy (non-hydrogen) atoms. The first-order valence-corrected chi connectivity index (χ1v) is 6.34. The van der Waals surface area contributed by atoms with Crippen LogP contribution in [0.25, 0.3) is 0 Å². The highest BCUT2D eigenvalue weighted by Crippen LogP contribution is 2.12. The number of carbonyl (C=O) groups is 1. The van der Waals surface area contributed by atoms with E-state index in [-0.39, 0.29) is 5.97 Å². The molecular formula is C13H27NO2. The Hall–Kier alpha value is -0.570. The summed E-state index contributed by atoms with van der Waals surface area (Å²) in [5, 5.41) is 3.29. The largest absolute Gasteiger partial charge is 0.465 e. The molecule has 0 aliphatic heterocycles. The molecule has 0 radical (unpaired) electrons. The van der Waals surface area contributed by atoms with E-state index >= 15 is 0 Å². The lowest BCUT2D eigenvalue weighted by atomic mass is 9.96. The predicted molar refractivity (Wildman–Crippen MR) is 67.3 cm³/mol. The fourth-order valence-electron chi connectivity index (χ4n) is 1.84. The molecule has 0 rings (SSSR count). The Morgan fingerprint density at radius 1 is 1.12 bits per heavy atom.